The van der Waals surface area contributed by atoms with Gasteiger partial charge in [0.25, 0.3) is 0 Å². The molecule has 0 atom stereocenters. The van der Waals surface area contributed by atoms with Gasteiger partial charge in [-0.2, -0.15) is 13.2 Å². The molecule has 0 spiro atoms. The van der Waals surface area contributed by atoms with Crippen LogP contribution < -0.4 is 5.73 Å². The fraction of sp³-hybridized carbons (Fsp3) is 0.0667. The van der Waals surface area contributed by atoms with Crippen molar-refractivity contribution in [3.8, 4) is 11.3 Å². The summed E-state index contributed by atoms with van der Waals surface area (Å²) in [5, 5.41) is 0. The largest absolute Gasteiger partial charge is 0.416 e. The molecule has 3 nitrogen and oxygen atoms in total. The van der Waals surface area contributed by atoms with E-state index in [4.69, 9.17) is 5.73 Å². The van der Waals surface area contributed by atoms with Crippen LogP contribution in [0.4, 0.5) is 19.0 Å². The Balaban J connectivity index is 2.09. The van der Waals surface area contributed by atoms with Crippen molar-refractivity contribution in [1.82, 2.24) is 9.97 Å². The Bertz CT molecular complexity index is 795. The first-order valence-electron chi connectivity index (χ1n) is 6.15. The van der Waals surface area contributed by atoms with Crippen LogP contribution in [-0.2, 0) is 6.18 Å². The summed E-state index contributed by atoms with van der Waals surface area (Å²) in [6.45, 7) is 0. The summed E-state index contributed by atoms with van der Waals surface area (Å²) in [7, 11) is 0. The molecule has 0 unspecified atom stereocenters. The van der Waals surface area contributed by atoms with Gasteiger partial charge >= 0.3 is 6.18 Å². The van der Waals surface area contributed by atoms with E-state index in [0.29, 0.717) is 22.3 Å². The predicted molar refractivity (Wildman–Crippen MR) is 74.4 cm³/mol. The zero-order valence-corrected chi connectivity index (χ0v) is 10.7. The summed E-state index contributed by atoms with van der Waals surface area (Å²) in [6.07, 6.45) is -4.36. The van der Waals surface area contributed by atoms with E-state index in [-0.39, 0.29) is 5.82 Å². The maximum atomic E-state index is 12.6. The van der Waals surface area contributed by atoms with Gasteiger partial charge in [0.1, 0.15) is 5.69 Å². The van der Waals surface area contributed by atoms with Crippen molar-refractivity contribution in [2.75, 3.05) is 5.73 Å². The molecule has 0 bridgehead atoms. The number of alkyl halides is 3. The first-order chi connectivity index (χ1) is 9.95. The number of nitrogen functional groups attached to an aromatic ring is 1. The second-order valence-electron chi connectivity index (χ2n) is 4.52. The molecule has 0 aliphatic carbocycles. The summed E-state index contributed by atoms with van der Waals surface area (Å²) >= 11 is 0. The standard InChI is InChI=1S/C15H10F3N3/c16-15(17,18)10-7-5-9(6-8-10)13-14(19)21-12-4-2-1-3-11(12)20-13/h1-8H,(H2,19,21). The third kappa shape index (κ3) is 2.52. The van der Waals surface area contributed by atoms with E-state index in [0.717, 1.165) is 12.1 Å². The van der Waals surface area contributed by atoms with Crippen LogP contribution in [0, 0.1) is 0 Å². The predicted octanol–water partition coefficient (Wildman–Crippen LogP) is 3.90. The van der Waals surface area contributed by atoms with Gasteiger partial charge in [-0.3, -0.25) is 0 Å². The van der Waals surface area contributed by atoms with E-state index in [2.05, 4.69) is 9.97 Å². The number of anilines is 1. The Hall–Kier alpha value is -2.63. The van der Waals surface area contributed by atoms with Gasteiger partial charge in [0.05, 0.1) is 16.6 Å². The lowest BCUT2D eigenvalue weighted by Gasteiger charge is -2.09. The fourth-order valence-electron chi connectivity index (χ4n) is 2.04. The lowest BCUT2D eigenvalue weighted by Crippen LogP contribution is -2.04. The minimum atomic E-state index is -4.36. The molecular formula is C15H10F3N3. The highest BCUT2D eigenvalue weighted by atomic mass is 19.4. The van der Waals surface area contributed by atoms with Gasteiger partial charge in [-0.15, -0.1) is 0 Å². The summed E-state index contributed by atoms with van der Waals surface area (Å²) in [4.78, 5) is 8.58. The molecule has 3 rings (SSSR count). The van der Waals surface area contributed by atoms with Gasteiger partial charge in [0, 0.05) is 5.56 Å². The molecule has 1 heterocycles. The molecule has 0 amide bonds. The monoisotopic (exact) mass is 289 g/mol. The number of halogens is 3. The lowest BCUT2D eigenvalue weighted by atomic mass is 10.1. The van der Waals surface area contributed by atoms with Gasteiger partial charge in [-0.1, -0.05) is 24.3 Å². The van der Waals surface area contributed by atoms with Crippen LogP contribution in [0.1, 0.15) is 5.56 Å². The molecule has 0 aliphatic heterocycles. The Morgan fingerprint density at radius 3 is 1.95 bits per heavy atom. The quantitative estimate of drug-likeness (QED) is 0.739. The number of rotatable bonds is 1. The van der Waals surface area contributed by atoms with E-state index in [1.807, 2.05) is 12.1 Å². The number of hydrogen-bond donors (Lipinski definition) is 1. The molecule has 0 radical (unpaired) electrons. The van der Waals surface area contributed by atoms with Crippen molar-refractivity contribution in [2.24, 2.45) is 0 Å². The second kappa shape index (κ2) is 4.73. The number of hydrogen-bond acceptors (Lipinski definition) is 3. The molecule has 106 valence electrons. The van der Waals surface area contributed by atoms with Crippen molar-refractivity contribution in [3.63, 3.8) is 0 Å². The first kappa shape index (κ1) is 13.4. The highest BCUT2D eigenvalue weighted by Crippen LogP contribution is 2.31. The molecule has 0 fully saturated rings. The summed E-state index contributed by atoms with van der Waals surface area (Å²) in [6, 6.07) is 11.9. The molecule has 3 aromatic rings. The topological polar surface area (TPSA) is 51.8 Å². The molecule has 2 aromatic carbocycles. The molecule has 6 heteroatoms. The molecular weight excluding hydrogens is 279 g/mol. The van der Waals surface area contributed by atoms with Crippen LogP contribution in [0.15, 0.2) is 48.5 Å². The molecule has 0 saturated heterocycles. The van der Waals surface area contributed by atoms with Crippen LogP contribution in [0.3, 0.4) is 0 Å². The smallest absolute Gasteiger partial charge is 0.382 e. The molecule has 2 N–H and O–H groups in total. The second-order valence-corrected chi connectivity index (χ2v) is 4.52. The maximum absolute atomic E-state index is 12.6. The van der Waals surface area contributed by atoms with E-state index in [1.165, 1.54) is 12.1 Å². The van der Waals surface area contributed by atoms with E-state index in [1.54, 1.807) is 12.1 Å². The SMILES string of the molecule is Nc1nc2ccccc2nc1-c1ccc(C(F)(F)F)cc1. The van der Waals surface area contributed by atoms with Gasteiger partial charge in [0.2, 0.25) is 0 Å². The number of benzene rings is 2. The summed E-state index contributed by atoms with van der Waals surface area (Å²) < 4.78 is 37.7. The number of fused-ring (bicyclic) bond motifs is 1. The number of aromatic nitrogens is 2. The third-order valence-corrected chi connectivity index (χ3v) is 3.08. The number of nitrogens with two attached hydrogens (primary N) is 1. The highest BCUT2D eigenvalue weighted by molar-refractivity contribution is 5.82. The Morgan fingerprint density at radius 1 is 0.810 bits per heavy atom. The minimum Gasteiger partial charge on any atom is -0.382 e. The van der Waals surface area contributed by atoms with Crippen molar-refractivity contribution in [3.05, 3.63) is 54.1 Å². The van der Waals surface area contributed by atoms with Gasteiger partial charge in [0.15, 0.2) is 5.82 Å². The molecule has 1 aromatic heterocycles. The Kier molecular flexibility index (Phi) is 3.01. The average Bonchev–Trinajstić information content (AvgIpc) is 2.46. The van der Waals surface area contributed by atoms with E-state index < -0.39 is 11.7 Å². The fourth-order valence-corrected chi connectivity index (χ4v) is 2.04. The molecule has 21 heavy (non-hydrogen) atoms. The van der Waals surface area contributed by atoms with Crippen molar-refractivity contribution >= 4 is 16.9 Å². The van der Waals surface area contributed by atoms with Crippen molar-refractivity contribution < 1.29 is 13.2 Å². The van der Waals surface area contributed by atoms with Gasteiger partial charge in [-0.05, 0) is 24.3 Å². The highest BCUT2D eigenvalue weighted by Gasteiger charge is 2.30. The van der Waals surface area contributed by atoms with E-state index >= 15 is 0 Å². The number of para-hydroxylation sites is 2. The summed E-state index contributed by atoms with van der Waals surface area (Å²) in [5.74, 6) is 0.188. The van der Waals surface area contributed by atoms with Crippen molar-refractivity contribution in [2.45, 2.75) is 6.18 Å². The zero-order valence-electron chi connectivity index (χ0n) is 10.7. The van der Waals surface area contributed by atoms with Crippen LogP contribution in [0.25, 0.3) is 22.3 Å². The van der Waals surface area contributed by atoms with Crippen molar-refractivity contribution in [1.29, 1.82) is 0 Å². The normalized spacial score (nSPS) is 11.8. The zero-order chi connectivity index (χ0) is 15.0. The third-order valence-electron chi connectivity index (χ3n) is 3.08. The maximum Gasteiger partial charge on any atom is 0.416 e. The molecule has 0 aliphatic rings. The average molecular weight is 289 g/mol. The van der Waals surface area contributed by atoms with Crippen LogP contribution in [0.5, 0.6) is 0 Å². The van der Waals surface area contributed by atoms with Crippen LogP contribution in [-0.4, -0.2) is 9.97 Å². The Morgan fingerprint density at radius 2 is 1.38 bits per heavy atom. The minimum absolute atomic E-state index is 0.188. The van der Waals surface area contributed by atoms with Crippen LogP contribution in [0.2, 0.25) is 0 Å². The Labute approximate surface area is 118 Å². The molecule has 0 saturated carbocycles. The van der Waals surface area contributed by atoms with Gasteiger partial charge < -0.3 is 5.73 Å². The lowest BCUT2D eigenvalue weighted by molar-refractivity contribution is -0.137. The number of nitrogens with zero attached hydrogens (tertiary/aromatic N) is 2. The van der Waals surface area contributed by atoms with Gasteiger partial charge in [-0.25, -0.2) is 9.97 Å². The van der Waals surface area contributed by atoms with E-state index in [9.17, 15) is 13.2 Å². The first-order valence-corrected chi connectivity index (χ1v) is 6.15. The van der Waals surface area contributed by atoms with Crippen LogP contribution >= 0.6 is 0 Å². The summed E-state index contributed by atoms with van der Waals surface area (Å²) in [5.41, 5.74) is 7.30.